The fourth-order valence-corrected chi connectivity index (χ4v) is 1.58. The fraction of sp³-hybridized carbons (Fsp3) is 0. The van der Waals surface area contributed by atoms with Gasteiger partial charge in [0.05, 0.1) is 10.7 Å². The normalized spacial score (nSPS) is 10.1. The van der Waals surface area contributed by atoms with Crippen LogP contribution in [0.2, 0.25) is 0 Å². The molecule has 0 radical (unpaired) electrons. The number of oxazole rings is 1. The van der Waals surface area contributed by atoms with E-state index in [9.17, 15) is 0 Å². The topological polar surface area (TPSA) is 35.3 Å². The van der Waals surface area contributed by atoms with Crippen LogP contribution in [-0.2, 0) is 0 Å². The Kier molecular flexibility index (Phi) is 2.88. The molecule has 0 atom stereocenters. The monoisotopic (exact) mass is 317 g/mol. The van der Waals surface area contributed by atoms with Crippen molar-refractivity contribution >= 4 is 31.9 Å². The Morgan fingerprint density at radius 2 is 2.14 bits per heavy atom. The number of ether oxygens (including phenoxy) is 1. The Morgan fingerprint density at radius 3 is 2.86 bits per heavy atom. The highest BCUT2D eigenvalue weighted by atomic mass is 79.9. The molecular formula is C9H5Br2NO2. The summed E-state index contributed by atoms with van der Waals surface area (Å²) in [5, 5.41) is 0. The summed E-state index contributed by atoms with van der Waals surface area (Å²) < 4.78 is 12.1. The van der Waals surface area contributed by atoms with Crippen molar-refractivity contribution in [3.05, 3.63) is 39.6 Å². The molecule has 0 saturated heterocycles. The molecule has 2 aromatic rings. The van der Waals surface area contributed by atoms with Crippen molar-refractivity contribution in [1.29, 1.82) is 0 Å². The third-order valence-electron chi connectivity index (χ3n) is 1.50. The molecule has 3 nitrogen and oxygen atoms in total. The van der Waals surface area contributed by atoms with E-state index in [1.807, 2.05) is 18.2 Å². The quantitative estimate of drug-likeness (QED) is 0.839. The van der Waals surface area contributed by atoms with Gasteiger partial charge in [0.25, 0.3) is 0 Å². The summed E-state index contributed by atoms with van der Waals surface area (Å²) in [5.74, 6) is 0.654. The maximum absolute atomic E-state index is 5.38. The molecule has 1 heterocycles. The molecule has 0 bridgehead atoms. The number of benzene rings is 1. The van der Waals surface area contributed by atoms with Crippen molar-refractivity contribution in [2.75, 3.05) is 0 Å². The van der Waals surface area contributed by atoms with Crippen LogP contribution in [-0.4, -0.2) is 4.98 Å². The largest absolute Gasteiger partial charge is 0.417 e. The number of rotatable bonds is 2. The summed E-state index contributed by atoms with van der Waals surface area (Å²) in [5.41, 5.74) is 0. The minimum absolute atomic E-state index is 0.226. The zero-order valence-electron chi connectivity index (χ0n) is 6.91. The van der Waals surface area contributed by atoms with Crippen LogP contribution in [0.15, 0.2) is 44.0 Å². The molecule has 5 heteroatoms. The van der Waals surface area contributed by atoms with E-state index in [1.165, 1.54) is 12.5 Å². The second-order valence-corrected chi connectivity index (χ2v) is 4.24. The summed E-state index contributed by atoms with van der Waals surface area (Å²) in [6, 6.07) is 5.61. The van der Waals surface area contributed by atoms with E-state index in [2.05, 4.69) is 36.8 Å². The van der Waals surface area contributed by atoms with Crippen molar-refractivity contribution in [3.8, 4) is 11.8 Å². The van der Waals surface area contributed by atoms with E-state index < -0.39 is 0 Å². The average Bonchev–Trinajstić information content (AvgIpc) is 2.64. The van der Waals surface area contributed by atoms with Gasteiger partial charge in [0, 0.05) is 4.47 Å². The second-order valence-electron chi connectivity index (χ2n) is 2.47. The minimum atomic E-state index is 0.226. The van der Waals surface area contributed by atoms with Gasteiger partial charge in [0.1, 0.15) is 12.0 Å². The molecule has 0 N–H and O–H groups in total. The summed E-state index contributed by atoms with van der Waals surface area (Å²) in [6.45, 7) is 0. The van der Waals surface area contributed by atoms with E-state index in [4.69, 9.17) is 9.15 Å². The molecule has 0 aliphatic carbocycles. The Labute approximate surface area is 97.4 Å². The molecular weight excluding hydrogens is 314 g/mol. The molecule has 0 aliphatic rings. The standard InChI is InChI=1S/C9H5Br2NO2/c10-6-1-2-7(11)8(5-6)14-9-12-3-4-13-9/h1-5H. The van der Waals surface area contributed by atoms with Crippen LogP contribution >= 0.6 is 31.9 Å². The van der Waals surface area contributed by atoms with Crippen molar-refractivity contribution in [1.82, 2.24) is 4.98 Å². The van der Waals surface area contributed by atoms with Gasteiger partial charge in [0.2, 0.25) is 0 Å². The molecule has 2 rings (SSSR count). The summed E-state index contributed by atoms with van der Waals surface area (Å²) in [4.78, 5) is 3.86. The van der Waals surface area contributed by atoms with E-state index in [-0.39, 0.29) is 6.08 Å². The number of hydrogen-bond donors (Lipinski definition) is 0. The van der Waals surface area contributed by atoms with Gasteiger partial charge in [-0.3, -0.25) is 0 Å². The molecule has 0 amide bonds. The van der Waals surface area contributed by atoms with Gasteiger partial charge in [-0.15, -0.1) is 0 Å². The first-order chi connectivity index (χ1) is 6.75. The third-order valence-corrected chi connectivity index (χ3v) is 2.65. The van der Waals surface area contributed by atoms with Crippen molar-refractivity contribution in [2.24, 2.45) is 0 Å². The Morgan fingerprint density at radius 1 is 1.29 bits per heavy atom. The Bertz CT molecular complexity index is 428. The van der Waals surface area contributed by atoms with Crippen LogP contribution in [0.25, 0.3) is 0 Å². The Balaban J connectivity index is 2.28. The highest BCUT2D eigenvalue weighted by Crippen LogP contribution is 2.31. The van der Waals surface area contributed by atoms with E-state index in [1.54, 1.807) is 0 Å². The lowest BCUT2D eigenvalue weighted by atomic mass is 10.3. The SMILES string of the molecule is Brc1ccc(Br)c(Oc2ncco2)c1. The zero-order valence-corrected chi connectivity index (χ0v) is 10.1. The minimum Gasteiger partial charge on any atom is -0.417 e. The van der Waals surface area contributed by atoms with Crippen LogP contribution in [0.1, 0.15) is 0 Å². The van der Waals surface area contributed by atoms with Gasteiger partial charge in [-0.25, -0.2) is 0 Å². The molecule has 0 saturated carbocycles. The molecule has 0 fully saturated rings. The predicted octanol–water partition coefficient (Wildman–Crippen LogP) is 3.99. The summed E-state index contributed by atoms with van der Waals surface area (Å²) >= 11 is 6.71. The molecule has 0 spiro atoms. The van der Waals surface area contributed by atoms with Gasteiger partial charge in [-0.05, 0) is 34.1 Å². The number of hydrogen-bond acceptors (Lipinski definition) is 3. The molecule has 1 aromatic carbocycles. The van der Waals surface area contributed by atoms with Gasteiger partial charge in [-0.1, -0.05) is 15.9 Å². The lowest BCUT2D eigenvalue weighted by Gasteiger charge is -2.03. The maximum Gasteiger partial charge on any atom is 0.399 e. The highest BCUT2D eigenvalue weighted by molar-refractivity contribution is 9.11. The molecule has 0 unspecified atom stereocenters. The number of nitrogens with zero attached hydrogens (tertiary/aromatic N) is 1. The first kappa shape index (κ1) is 9.73. The van der Waals surface area contributed by atoms with E-state index >= 15 is 0 Å². The van der Waals surface area contributed by atoms with E-state index in [0.717, 1.165) is 8.95 Å². The zero-order chi connectivity index (χ0) is 9.97. The summed E-state index contributed by atoms with van der Waals surface area (Å²) in [7, 11) is 0. The molecule has 14 heavy (non-hydrogen) atoms. The average molecular weight is 319 g/mol. The van der Waals surface area contributed by atoms with Crippen molar-refractivity contribution < 1.29 is 9.15 Å². The highest BCUT2D eigenvalue weighted by Gasteiger charge is 2.05. The van der Waals surface area contributed by atoms with Gasteiger partial charge < -0.3 is 9.15 Å². The first-order valence-corrected chi connectivity index (χ1v) is 5.37. The van der Waals surface area contributed by atoms with Crippen molar-refractivity contribution in [2.45, 2.75) is 0 Å². The summed E-state index contributed by atoms with van der Waals surface area (Å²) in [6.07, 6.45) is 3.21. The fourth-order valence-electron chi connectivity index (χ4n) is 0.910. The van der Waals surface area contributed by atoms with E-state index in [0.29, 0.717) is 5.75 Å². The maximum atomic E-state index is 5.38. The van der Waals surface area contributed by atoms with Crippen LogP contribution < -0.4 is 4.74 Å². The lowest BCUT2D eigenvalue weighted by Crippen LogP contribution is -1.84. The van der Waals surface area contributed by atoms with Crippen LogP contribution in [0.5, 0.6) is 11.8 Å². The van der Waals surface area contributed by atoms with Crippen LogP contribution in [0.3, 0.4) is 0 Å². The van der Waals surface area contributed by atoms with Gasteiger partial charge >= 0.3 is 6.08 Å². The first-order valence-electron chi connectivity index (χ1n) is 3.78. The van der Waals surface area contributed by atoms with Crippen LogP contribution in [0.4, 0.5) is 0 Å². The van der Waals surface area contributed by atoms with Gasteiger partial charge in [-0.2, -0.15) is 4.98 Å². The molecule has 0 aliphatic heterocycles. The lowest BCUT2D eigenvalue weighted by molar-refractivity contribution is 0.329. The predicted molar refractivity (Wildman–Crippen MR) is 58.4 cm³/mol. The Hall–Kier alpha value is -0.810. The molecule has 72 valence electrons. The number of halogens is 2. The third kappa shape index (κ3) is 2.16. The smallest absolute Gasteiger partial charge is 0.399 e. The molecule has 1 aromatic heterocycles. The van der Waals surface area contributed by atoms with Crippen molar-refractivity contribution in [3.63, 3.8) is 0 Å². The van der Waals surface area contributed by atoms with Crippen LogP contribution in [0, 0.1) is 0 Å². The van der Waals surface area contributed by atoms with Gasteiger partial charge in [0.15, 0.2) is 0 Å². The number of aromatic nitrogens is 1. The second kappa shape index (κ2) is 4.14.